The van der Waals surface area contributed by atoms with Crippen LogP contribution in [-0.4, -0.2) is 9.58 Å². The van der Waals surface area contributed by atoms with Crippen molar-refractivity contribution in [3.63, 3.8) is 0 Å². The minimum atomic E-state index is -1.72. The Morgan fingerprint density at radius 2 is 1.24 bits per heavy atom. The minimum absolute atomic E-state index is 0.287. The third kappa shape index (κ3) is 11.4. The van der Waals surface area contributed by atoms with E-state index in [2.05, 4.69) is 6.92 Å². The van der Waals surface area contributed by atoms with Crippen molar-refractivity contribution >= 4 is 40.6 Å². The average Bonchev–Trinajstić information content (AvgIpc) is 2.25. The summed E-state index contributed by atoms with van der Waals surface area (Å²) in [5.41, 5.74) is 0. The predicted molar refractivity (Wildman–Crippen MR) is 77.1 cm³/mol. The van der Waals surface area contributed by atoms with Crippen LogP contribution in [0.2, 0.25) is 0 Å². The van der Waals surface area contributed by atoms with Gasteiger partial charge in [-0.3, -0.25) is 4.79 Å². The summed E-state index contributed by atoms with van der Waals surface area (Å²) < 4.78 is -1.72. The van der Waals surface area contributed by atoms with E-state index in [1.54, 1.807) is 0 Å². The smallest absolute Gasteiger partial charge is 0.248 e. The first kappa shape index (κ1) is 17.5. The SMILES string of the molecule is CCCCCCCCCCCC(=O)C(Cl)(Cl)Cl. The summed E-state index contributed by atoms with van der Waals surface area (Å²) in [6.07, 6.45) is 11.3. The molecule has 0 unspecified atom stereocenters. The second-order valence-corrected chi connectivity index (χ2v) is 6.78. The Kier molecular flexibility index (Phi) is 10.8. The Morgan fingerprint density at radius 1 is 0.824 bits per heavy atom. The van der Waals surface area contributed by atoms with E-state index in [1.807, 2.05) is 0 Å². The van der Waals surface area contributed by atoms with Crippen LogP contribution in [0.4, 0.5) is 0 Å². The number of alkyl halides is 3. The number of halogens is 3. The second-order valence-electron chi connectivity index (χ2n) is 4.50. The van der Waals surface area contributed by atoms with Gasteiger partial charge in [-0.05, 0) is 6.42 Å². The molecular formula is C13H23Cl3O. The van der Waals surface area contributed by atoms with E-state index in [1.165, 1.54) is 44.9 Å². The fraction of sp³-hybridized carbons (Fsp3) is 0.923. The molecule has 102 valence electrons. The van der Waals surface area contributed by atoms with Gasteiger partial charge in [0.1, 0.15) is 0 Å². The molecule has 0 atom stereocenters. The van der Waals surface area contributed by atoms with Gasteiger partial charge in [-0.2, -0.15) is 0 Å². The number of hydrogen-bond acceptors (Lipinski definition) is 1. The van der Waals surface area contributed by atoms with Gasteiger partial charge in [0.2, 0.25) is 3.79 Å². The van der Waals surface area contributed by atoms with Crippen LogP contribution in [0.15, 0.2) is 0 Å². The Bertz CT molecular complexity index is 199. The number of ketones is 1. The van der Waals surface area contributed by atoms with Crippen molar-refractivity contribution in [2.45, 2.75) is 74.9 Å². The highest BCUT2D eigenvalue weighted by Crippen LogP contribution is 2.29. The van der Waals surface area contributed by atoms with Crippen molar-refractivity contribution in [3.8, 4) is 0 Å². The van der Waals surface area contributed by atoms with E-state index < -0.39 is 3.79 Å². The summed E-state index contributed by atoms with van der Waals surface area (Å²) in [5, 5.41) is 0. The topological polar surface area (TPSA) is 17.1 Å². The molecule has 0 saturated carbocycles. The van der Waals surface area contributed by atoms with Crippen LogP contribution in [0.3, 0.4) is 0 Å². The average molecular weight is 302 g/mol. The molecule has 1 nitrogen and oxygen atoms in total. The van der Waals surface area contributed by atoms with Crippen LogP contribution in [0, 0.1) is 0 Å². The van der Waals surface area contributed by atoms with Crippen LogP contribution < -0.4 is 0 Å². The molecule has 0 bridgehead atoms. The maximum Gasteiger partial charge on any atom is 0.248 e. The van der Waals surface area contributed by atoms with E-state index in [0.29, 0.717) is 6.42 Å². The van der Waals surface area contributed by atoms with Crippen LogP contribution >= 0.6 is 34.8 Å². The van der Waals surface area contributed by atoms with Gasteiger partial charge in [-0.25, -0.2) is 0 Å². The number of carbonyl (C=O) groups excluding carboxylic acids is 1. The molecule has 0 aliphatic carbocycles. The van der Waals surface area contributed by atoms with Gasteiger partial charge in [-0.15, -0.1) is 0 Å². The lowest BCUT2D eigenvalue weighted by Crippen LogP contribution is -2.18. The Hall–Kier alpha value is 0.540. The maximum atomic E-state index is 11.3. The number of hydrogen-bond donors (Lipinski definition) is 0. The van der Waals surface area contributed by atoms with Crippen LogP contribution in [0.25, 0.3) is 0 Å². The molecule has 0 saturated heterocycles. The third-order valence-corrected chi connectivity index (χ3v) is 3.46. The van der Waals surface area contributed by atoms with Crippen molar-refractivity contribution < 1.29 is 4.79 Å². The number of rotatable bonds is 10. The standard InChI is InChI=1S/C13H23Cl3O/c1-2-3-4-5-6-7-8-9-10-11-12(17)13(14,15)16/h2-11H2,1H3. The molecule has 17 heavy (non-hydrogen) atoms. The second kappa shape index (κ2) is 10.5. The number of Topliss-reactive ketones (excluding diaryl/α,β-unsaturated/α-hetero) is 1. The van der Waals surface area contributed by atoms with E-state index in [4.69, 9.17) is 34.8 Å². The summed E-state index contributed by atoms with van der Waals surface area (Å²) in [6.45, 7) is 2.22. The van der Waals surface area contributed by atoms with E-state index in [0.717, 1.165) is 12.8 Å². The van der Waals surface area contributed by atoms with Gasteiger partial charge >= 0.3 is 0 Å². The molecule has 0 rings (SSSR count). The lowest BCUT2D eigenvalue weighted by atomic mass is 10.1. The lowest BCUT2D eigenvalue weighted by molar-refractivity contribution is -0.118. The van der Waals surface area contributed by atoms with E-state index >= 15 is 0 Å². The highest BCUT2D eigenvalue weighted by atomic mass is 35.6. The highest BCUT2D eigenvalue weighted by Gasteiger charge is 2.29. The first-order valence-corrected chi connectivity index (χ1v) is 7.72. The number of unbranched alkanes of at least 4 members (excludes halogenated alkanes) is 8. The van der Waals surface area contributed by atoms with Gasteiger partial charge in [0.05, 0.1) is 0 Å². The van der Waals surface area contributed by atoms with E-state index in [-0.39, 0.29) is 5.78 Å². The van der Waals surface area contributed by atoms with Gasteiger partial charge in [-0.1, -0.05) is 93.1 Å². The molecule has 0 spiro atoms. The first-order valence-electron chi connectivity index (χ1n) is 6.58. The summed E-state index contributed by atoms with van der Waals surface area (Å²) in [5.74, 6) is -0.287. The quantitative estimate of drug-likeness (QED) is 0.365. The van der Waals surface area contributed by atoms with Gasteiger partial charge < -0.3 is 0 Å². The normalized spacial score (nSPS) is 11.8. The van der Waals surface area contributed by atoms with Crippen molar-refractivity contribution in [2.24, 2.45) is 0 Å². The van der Waals surface area contributed by atoms with Crippen LogP contribution in [-0.2, 0) is 4.79 Å². The number of carbonyl (C=O) groups is 1. The Labute approximate surface area is 120 Å². The van der Waals surface area contributed by atoms with Gasteiger partial charge in [0.25, 0.3) is 0 Å². The molecule has 4 heteroatoms. The van der Waals surface area contributed by atoms with Crippen LogP contribution in [0.1, 0.15) is 71.1 Å². The zero-order chi connectivity index (χ0) is 13.1. The van der Waals surface area contributed by atoms with Gasteiger partial charge in [0, 0.05) is 6.42 Å². The minimum Gasteiger partial charge on any atom is -0.295 e. The summed E-state index contributed by atoms with van der Waals surface area (Å²) in [7, 11) is 0. The zero-order valence-electron chi connectivity index (χ0n) is 10.6. The highest BCUT2D eigenvalue weighted by molar-refractivity contribution is 6.76. The van der Waals surface area contributed by atoms with Crippen molar-refractivity contribution in [3.05, 3.63) is 0 Å². The molecule has 0 aliphatic rings. The van der Waals surface area contributed by atoms with Gasteiger partial charge in [0.15, 0.2) is 5.78 Å². The van der Waals surface area contributed by atoms with Crippen molar-refractivity contribution in [1.29, 1.82) is 0 Å². The molecule has 0 aromatic heterocycles. The predicted octanol–water partition coefficient (Wildman–Crippen LogP) is 5.85. The molecule has 0 amide bonds. The maximum absolute atomic E-state index is 11.3. The molecule has 0 aliphatic heterocycles. The molecule has 0 heterocycles. The summed E-state index contributed by atoms with van der Waals surface area (Å²) in [4.78, 5) is 11.3. The largest absolute Gasteiger partial charge is 0.295 e. The zero-order valence-corrected chi connectivity index (χ0v) is 12.9. The molecule has 0 N–H and O–H groups in total. The Morgan fingerprint density at radius 3 is 1.65 bits per heavy atom. The molecular weight excluding hydrogens is 279 g/mol. The van der Waals surface area contributed by atoms with E-state index in [9.17, 15) is 4.79 Å². The molecule has 0 aromatic carbocycles. The van der Waals surface area contributed by atoms with Crippen molar-refractivity contribution in [1.82, 2.24) is 0 Å². The van der Waals surface area contributed by atoms with Crippen molar-refractivity contribution in [2.75, 3.05) is 0 Å². The molecule has 0 fully saturated rings. The summed E-state index contributed by atoms with van der Waals surface area (Å²) in [6, 6.07) is 0. The molecule has 0 radical (unpaired) electrons. The fourth-order valence-electron chi connectivity index (χ4n) is 1.74. The third-order valence-electron chi connectivity index (χ3n) is 2.82. The molecule has 0 aromatic rings. The van der Waals surface area contributed by atoms with Crippen LogP contribution in [0.5, 0.6) is 0 Å². The first-order chi connectivity index (χ1) is 7.98. The summed E-state index contributed by atoms with van der Waals surface area (Å²) >= 11 is 16.4. The monoisotopic (exact) mass is 300 g/mol. The lowest BCUT2D eigenvalue weighted by Gasteiger charge is -2.08. The Balaban J connectivity index is 3.22. The fourth-order valence-corrected chi connectivity index (χ4v) is 2.02.